The SMILES string of the molecule is O=CN1CCC(C(O)(c2ccccc2)c2ccccc2)CC1. The van der Waals surface area contributed by atoms with E-state index in [1.54, 1.807) is 4.90 Å². The van der Waals surface area contributed by atoms with Gasteiger partial charge in [-0.15, -0.1) is 0 Å². The van der Waals surface area contributed by atoms with E-state index < -0.39 is 5.60 Å². The van der Waals surface area contributed by atoms with E-state index in [0.29, 0.717) is 13.1 Å². The van der Waals surface area contributed by atoms with Crippen molar-refractivity contribution in [1.82, 2.24) is 4.90 Å². The second kappa shape index (κ2) is 6.32. The van der Waals surface area contributed by atoms with Crippen LogP contribution in [0.2, 0.25) is 0 Å². The first kappa shape index (κ1) is 14.8. The number of piperidine rings is 1. The summed E-state index contributed by atoms with van der Waals surface area (Å²) in [5.41, 5.74) is 0.842. The van der Waals surface area contributed by atoms with Gasteiger partial charge in [-0.05, 0) is 29.9 Å². The summed E-state index contributed by atoms with van der Waals surface area (Å²) in [5, 5.41) is 11.6. The summed E-state index contributed by atoms with van der Waals surface area (Å²) in [7, 11) is 0. The molecule has 0 atom stereocenters. The van der Waals surface area contributed by atoms with Gasteiger partial charge in [0.05, 0.1) is 0 Å². The molecule has 1 aliphatic heterocycles. The summed E-state index contributed by atoms with van der Waals surface area (Å²) in [6, 6.07) is 19.7. The number of nitrogens with zero attached hydrogens (tertiary/aromatic N) is 1. The van der Waals surface area contributed by atoms with Crippen molar-refractivity contribution in [2.75, 3.05) is 13.1 Å². The summed E-state index contributed by atoms with van der Waals surface area (Å²) in [5.74, 6) is 0.105. The minimum absolute atomic E-state index is 0.105. The van der Waals surface area contributed by atoms with E-state index in [0.717, 1.165) is 30.4 Å². The third-order valence-electron chi connectivity index (χ3n) is 4.70. The standard InChI is InChI=1S/C19H21NO2/c21-15-20-13-11-18(12-14-20)19(22,16-7-3-1-4-8-16)17-9-5-2-6-10-17/h1-10,15,18,22H,11-14H2. The molecular formula is C19H21NO2. The lowest BCUT2D eigenvalue weighted by Crippen LogP contribution is -2.43. The number of aliphatic hydroxyl groups is 1. The highest BCUT2D eigenvalue weighted by atomic mass is 16.3. The summed E-state index contributed by atoms with van der Waals surface area (Å²) in [6.45, 7) is 1.41. The molecule has 1 aliphatic rings. The highest BCUT2D eigenvalue weighted by molar-refractivity contribution is 5.47. The first-order valence-corrected chi connectivity index (χ1v) is 7.78. The van der Waals surface area contributed by atoms with Crippen molar-refractivity contribution in [3.8, 4) is 0 Å². The largest absolute Gasteiger partial charge is 0.380 e. The van der Waals surface area contributed by atoms with Gasteiger partial charge < -0.3 is 10.0 Å². The molecule has 3 rings (SSSR count). The van der Waals surface area contributed by atoms with Crippen molar-refractivity contribution in [3.63, 3.8) is 0 Å². The smallest absolute Gasteiger partial charge is 0.209 e. The molecule has 1 N–H and O–H groups in total. The predicted octanol–water partition coefficient (Wildman–Crippen LogP) is 2.79. The van der Waals surface area contributed by atoms with Crippen molar-refractivity contribution >= 4 is 6.41 Å². The number of carbonyl (C=O) groups is 1. The fraction of sp³-hybridized carbons (Fsp3) is 0.316. The van der Waals surface area contributed by atoms with E-state index >= 15 is 0 Å². The Bertz CT molecular complexity index is 564. The Morgan fingerprint density at radius 1 is 0.909 bits per heavy atom. The van der Waals surface area contributed by atoms with Crippen molar-refractivity contribution < 1.29 is 9.90 Å². The van der Waals surface area contributed by atoms with Gasteiger partial charge in [-0.2, -0.15) is 0 Å². The monoisotopic (exact) mass is 295 g/mol. The van der Waals surface area contributed by atoms with Crippen LogP contribution in [-0.2, 0) is 10.4 Å². The van der Waals surface area contributed by atoms with Crippen molar-refractivity contribution in [3.05, 3.63) is 71.8 Å². The van der Waals surface area contributed by atoms with Crippen molar-refractivity contribution in [1.29, 1.82) is 0 Å². The molecule has 0 spiro atoms. The van der Waals surface area contributed by atoms with Gasteiger partial charge in [-0.25, -0.2) is 0 Å². The molecule has 1 heterocycles. The molecule has 0 radical (unpaired) electrons. The van der Waals surface area contributed by atoms with Crippen LogP contribution < -0.4 is 0 Å². The first-order valence-electron chi connectivity index (χ1n) is 7.78. The number of benzene rings is 2. The summed E-state index contributed by atoms with van der Waals surface area (Å²) in [6.07, 6.45) is 2.51. The molecule has 3 nitrogen and oxygen atoms in total. The number of likely N-dealkylation sites (tertiary alicyclic amines) is 1. The average Bonchev–Trinajstić information content (AvgIpc) is 2.62. The van der Waals surface area contributed by atoms with Crippen LogP contribution in [0, 0.1) is 5.92 Å². The molecule has 114 valence electrons. The Kier molecular flexibility index (Phi) is 4.25. The van der Waals surface area contributed by atoms with Crippen molar-refractivity contribution in [2.45, 2.75) is 18.4 Å². The minimum Gasteiger partial charge on any atom is -0.380 e. The summed E-state index contributed by atoms with van der Waals surface area (Å²) < 4.78 is 0. The molecule has 1 fully saturated rings. The maximum Gasteiger partial charge on any atom is 0.209 e. The maximum atomic E-state index is 11.6. The van der Waals surface area contributed by atoms with Crippen LogP contribution in [0.15, 0.2) is 60.7 Å². The summed E-state index contributed by atoms with van der Waals surface area (Å²) >= 11 is 0. The lowest BCUT2D eigenvalue weighted by molar-refractivity contribution is -0.120. The van der Waals surface area contributed by atoms with Crippen LogP contribution >= 0.6 is 0 Å². The summed E-state index contributed by atoms with van der Waals surface area (Å²) in [4.78, 5) is 12.7. The Morgan fingerprint density at radius 3 is 1.77 bits per heavy atom. The Morgan fingerprint density at radius 2 is 1.36 bits per heavy atom. The second-order valence-corrected chi connectivity index (χ2v) is 5.91. The highest BCUT2D eigenvalue weighted by Gasteiger charge is 2.41. The number of carbonyl (C=O) groups excluding carboxylic acids is 1. The van der Waals surface area contributed by atoms with Crippen LogP contribution in [0.5, 0.6) is 0 Å². The fourth-order valence-electron chi connectivity index (χ4n) is 3.45. The van der Waals surface area contributed by atoms with Gasteiger partial charge in [-0.1, -0.05) is 60.7 Å². The molecule has 0 saturated carbocycles. The molecule has 22 heavy (non-hydrogen) atoms. The van der Waals surface area contributed by atoms with Crippen LogP contribution in [0.25, 0.3) is 0 Å². The zero-order valence-electron chi connectivity index (χ0n) is 12.6. The highest BCUT2D eigenvalue weighted by Crippen LogP contribution is 2.41. The topological polar surface area (TPSA) is 40.5 Å². The first-order chi connectivity index (χ1) is 10.7. The van der Waals surface area contributed by atoms with Crippen LogP contribution in [0.3, 0.4) is 0 Å². The van der Waals surface area contributed by atoms with Gasteiger partial charge in [0.1, 0.15) is 5.60 Å². The molecule has 0 aliphatic carbocycles. The minimum atomic E-state index is -1.00. The zero-order valence-corrected chi connectivity index (χ0v) is 12.6. The van der Waals surface area contributed by atoms with Gasteiger partial charge in [0.15, 0.2) is 0 Å². The molecule has 2 aromatic rings. The lowest BCUT2D eigenvalue weighted by atomic mass is 9.72. The molecule has 0 bridgehead atoms. The third kappa shape index (κ3) is 2.64. The second-order valence-electron chi connectivity index (χ2n) is 5.91. The van der Waals surface area contributed by atoms with Gasteiger partial charge in [0, 0.05) is 13.1 Å². The number of hydrogen-bond donors (Lipinski definition) is 1. The Labute approximate surface area is 131 Å². The van der Waals surface area contributed by atoms with E-state index in [4.69, 9.17) is 0 Å². The number of amides is 1. The Balaban J connectivity index is 1.99. The average molecular weight is 295 g/mol. The molecule has 0 aromatic heterocycles. The van der Waals surface area contributed by atoms with Crippen LogP contribution in [0.1, 0.15) is 24.0 Å². The molecule has 0 unspecified atom stereocenters. The fourth-order valence-corrected chi connectivity index (χ4v) is 3.45. The van der Waals surface area contributed by atoms with E-state index in [1.807, 2.05) is 60.7 Å². The van der Waals surface area contributed by atoms with Gasteiger partial charge >= 0.3 is 0 Å². The van der Waals surface area contributed by atoms with E-state index in [9.17, 15) is 9.90 Å². The molecule has 1 amide bonds. The Hall–Kier alpha value is -2.13. The maximum absolute atomic E-state index is 11.6. The molecule has 1 saturated heterocycles. The van der Waals surface area contributed by atoms with Gasteiger partial charge in [0.25, 0.3) is 0 Å². The van der Waals surface area contributed by atoms with Crippen molar-refractivity contribution in [2.24, 2.45) is 5.92 Å². The van der Waals surface area contributed by atoms with Crippen LogP contribution in [-0.4, -0.2) is 29.5 Å². The van der Waals surface area contributed by atoms with Crippen LogP contribution in [0.4, 0.5) is 0 Å². The van der Waals surface area contributed by atoms with Gasteiger partial charge in [0.2, 0.25) is 6.41 Å². The van der Waals surface area contributed by atoms with E-state index in [2.05, 4.69) is 0 Å². The molecule has 2 aromatic carbocycles. The number of hydrogen-bond acceptors (Lipinski definition) is 2. The van der Waals surface area contributed by atoms with Gasteiger partial charge in [-0.3, -0.25) is 4.79 Å². The molecular weight excluding hydrogens is 274 g/mol. The van der Waals surface area contributed by atoms with E-state index in [-0.39, 0.29) is 5.92 Å². The molecule has 3 heteroatoms. The zero-order chi connectivity index (χ0) is 15.4. The van der Waals surface area contributed by atoms with E-state index in [1.165, 1.54) is 0 Å². The normalized spacial score (nSPS) is 16.5. The quantitative estimate of drug-likeness (QED) is 0.881. The lowest BCUT2D eigenvalue weighted by Gasteiger charge is -2.41. The third-order valence-corrected chi connectivity index (χ3v) is 4.70. The number of rotatable bonds is 4. The predicted molar refractivity (Wildman–Crippen MR) is 86.2 cm³/mol.